The number of rotatable bonds is 3. The Bertz CT molecular complexity index is 890. The Hall–Kier alpha value is -2.28. The quantitative estimate of drug-likeness (QED) is 0.832. The first-order valence-electron chi connectivity index (χ1n) is 8.88. The van der Waals surface area contributed by atoms with Gasteiger partial charge in [-0.15, -0.1) is 0 Å². The third kappa shape index (κ3) is 4.09. The summed E-state index contributed by atoms with van der Waals surface area (Å²) in [5.41, 5.74) is 3.83. The molecule has 1 fully saturated rings. The molecule has 1 aromatic heterocycles. The van der Waals surface area contributed by atoms with Crippen LogP contribution < -0.4 is 10.0 Å². The molecular formula is C19H24N2O4S. The number of carbonyl (C=O) groups excluding carboxylic acids is 1. The second-order valence-electron chi connectivity index (χ2n) is 6.71. The third-order valence-electron chi connectivity index (χ3n) is 4.69. The van der Waals surface area contributed by atoms with Crippen molar-refractivity contribution in [3.63, 3.8) is 0 Å². The number of hydrogen-bond donors (Lipinski definition) is 2. The number of carbonyl (C=O) groups is 1. The fourth-order valence-corrected chi connectivity index (χ4v) is 4.29. The fourth-order valence-electron chi connectivity index (χ4n) is 3.41. The molecule has 2 aliphatic carbocycles. The summed E-state index contributed by atoms with van der Waals surface area (Å²) in [6.07, 6.45) is 9.01. The van der Waals surface area contributed by atoms with Crippen LogP contribution in [0.25, 0.3) is 0 Å². The Morgan fingerprint density at radius 1 is 1.15 bits per heavy atom. The highest BCUT2D eigenvalue weighted by atomic mass is 32.2. The first-order valence-corrected chi connectivity index (χ1v) is 10.4. The lowest BCUT2D eigenvalue weighted by Crippen LogP contribution is -2.39. The van der Waals surface area contributed by atoms with Crippen LogP contribution in [0.1, 0.15) is 50.7 Å². The highest BCUT2D eigenvalue weighted by Crippen LogP contribution is 2.36. The van der Waals surface area contributed by atoms with Gasteiger partial charge in [-0.05, 0) is 80.7 Å². The molecule has 0 aliphatic heterocycles. The van der Waals surface area contributed by atoms with Crippen molar-refractivity contribution in [2.45, 2.75) is 57.0 Å². The van der Waals surface area contributed by atoms with Crippen molar-refractivity contribution in [1.29, 1.82) is 0 Å². The van der Waals surface area contributed by atoms with Crippen LogP contribution >= 0.6 is 0 Å². The topological polar surface area (TPSA) is 88.4 Å². The Morgan fingerprint density at radius 3 is 2.69 bits per heavy atom. The maximum Gasteiger partial charge on any atom is 0.333 e. The molecule has 0 unspecified atom stereocenters. The van der Waals surface area contributed by atoms with Gasteiger partial charge in [0.15, 0.2) is 0 Å². The maximum atomic E-state index is 12.4. The van der Waals surface area contributed by atoms with Crippen molar-refractivity contribution in [2.24, 2.45) is 0 Å². The highest BCUT2D eigenvalue weighted by molar-refractivity contribution is 7.89. The van der Waals surface area contributed by atoms with Gasteiger partial charge in [0.25, 0.3) is 10.0 Å². The van der Waals surface area contributed by atoms with E-state index in [4.69, 9.17) is 4.42 Å². The van der Waals surface area contributed by atoms with E-state index in [0.29, 0.717) is 11.5 Å². The summed E-state index contributed by atoms with van der Waals surface area (Å²) in [7, 11) is -4.05. The van der Waals surface area contributed by atoms with Gasteiger partial charge in [0, 0.05) is 5.70 Å². The molecular weight excluding hydrogens is 352 g/mol. The van der Waals surface area contributed by atoms with Crippen LogP contribution in [0.2, 0.25) is 0 Å². The third-order valence-corrected chi connectivity index (χ3v) is 5.89. The zero-order valence-corrected chi connectivity index (χ0v) is 15.7. The molecule has 0 saturated heterocycles. The van der Waals surface area contributed by atoms with E-state index in [-0.39, 0.29) is 5.09 Å². The molecule has 1 aromatic rings. The average molecular weight is 376 g/mol. The maximum absolute atomic E-state index is 12.4. The van der Waals surface area contributed by atoms with Crippen molar-refractivity contribution in [1.82, 2.24) is 10.0 Å². The van der Waals surface area contributed by atoms with Crippen LogP contribution in [0.3, 0.4) is 0 Å². The number of amides is 2. The fraction of sp³-hybridized carbons (Fsp3) is 0.421. The number of hydrogen-bond acceptors (Lipinski definition) is 4. The molecule has 1 saturated carbocycles. The van der Waals surface area contributed by atoms with E-state index in [1.165, 1.54) is 17.7 Å². The molecule has 0 radical (unpaired) electrons. The predicted molar refractivity (Wildman–Crippen MR) is 98.9 cm³/mol. The minimum atomic E-state index is -4.05. The molecule has 2 aliphatic rings. The average Bonchev–Trinajstić information content (AvgIpc) is 3.20. The van der Waals surface area contributed by atoms with Gasteiger partial charge < -0.3 is 9.73 Å². The molecule has 1 heterocycles. The second kappa shape index (κ2) is 7.53. The number of allylic oxidation sites excluding steroid dienone is 4. The lowest BCUT2D eigenvalue weighted by molar-refractivity contribution is 0.248. The first kappa shape index (κ1) is 18.5. The molecule has 7 heteroatoms. The van der Waals surface area contributed by atoms with E-state index in [2.05, 4.69) is 18.0 Å². The molecule has 26 heavy (non-hydrogen) atoms. The number of aryl methyl sites for hydroxylation is 1. The Labute approximate surface area is 154 Å². The molecule has 3 rings (SSSR count). The van der Waals surface area contributed by atoms with Crippen LogP contribution in [0, 0.1) is 6.92 Å². The minimum Gasteiger partial charge on any atom is -0.448 e. The van der Waals surface area contributed by atoms with E-state index in [1.807, 2.05) is 4.72 Å². The molecule has 0 bridgehead atoms. The zero-order valence-electron chi connectivity index (χ0n) is 14.9. The summed E-state index contributed by atoms with van der Waals surface area (Å²) in [5, 5.41) is 2.46. The number of urea groups is 1. The SMILES string of the molecule is C=C1CCCC/C=C2/CCCC2=C1NC(=O)NS(=O)(=O)c1ccc(C)o1. The van der Waals surface area contributed by atoms with Crippen LogP contribution in [0.5, 0.6) is 0 Å². The number of nitrogens with one attached hydrogen (secondary N) is 2. The summed E-state index contributed by atoms with van der Waals surface area (Å²) >= 11 is 0. The molecule has 0 aromatic carbocycles. The van der Waals surface area contributed by atoms with Gasteiger partial charge in [-0.3, -0.25) is 0 Å². The largest absolute Gasteiger partial charge is 0.448 e. The minimum absolute atomic E-state index is 0.280. The summed E-state index contributed by atoms with van der Waals surface area (Å²) in [4.78, 5) is 12.4. The van der Waals surface area contributed by atoms with E-state index < -0.39 is 16.1 Å². The lowest BCUT2D eigenvalue weighted by atomic mass is 10.0. The van der Waals surface area contributed by atoms with Gasteiger partial charge in [0.05, 0.1) is 0 Å². The van der Waals surface area contributed by atoms with Crippen LogP contribution in [-0.4, -0.2) is 14.4 Å². The predicted octanol–water partition coefficient (Wildman–Crippen LogP) is 4.07. The van der Waals surface area contributed by atoms with Crippen molar-refractivity contribution in [3.8, 4) is 0 Å². The van der Waals surface area contributed by atoms with Gasteiger partial charge in [-0.1, -0.05) is 12.7 Å². The molecule has 0 atom stereocenters. The Kier molecular flexibility index (Phi) is 5.36. The van der Waals surface area contributed by atoms with E-state index in [1.54, 1.807) is 6.92 Å². The van der Waals surface area contributed by atoms with Gasteiger partial charge in [0.2, 0.25) is 5.09 Å². The number of furan rings is 1. The van der Waals surface area contributed by atoms with E-state index in [9.17, 15) is 13.2 Å². The normalized spacial score (nSPS) is 20.5. The van der Waals surface area contributed by atoms with E-state index >= 15 is 0 Å². The monoisotopic (exact) mass is 376 g/mol. The first-order chi connectivity index (χ1) is 12.4. The Morgan fingerprint density at radius 2 is 1.96 bits per heavy atom. The van der Waals surface area contributed by atoms with Gasteiger partial charge in [-0.2, -0.15) is 8.42 Å². The van der Waals surface area contributed by atoms with Crippen LogP contribution in [0.15, 0.2) is 56.7 Å². The summed E-state index contributed by atoms with van der Waals surface area (Å²) in [5.74, 6) is 0.459. The summed E-state index contributed by atoms with van der Waals surface area (Å²) in [6, 6.07) is 2.06. The van der Waals surface area contributed by atoms with Gasteiger partial charge in [-0.25, -0.2) is 9.52 Å². The smallest absolute Gasteiger partial charge is 0.333 e. The number of sulfonamides is 1. The van der Waals surface area contributed by atoms with Crippen molar-refractivity contribution >= 4 is 16.1 Å². The van der Waals surface area contributed by atoms with Crippen molar-refractivity contribution < 1.29 is 17.6 Å². The standard InChI is InChI=1S/C19H24N2O4S/c1-13-7-4-3-5-8-15-9-6-10-16(15)18(13)20-19(22)21-26(23,24)17-12-11-14(2)25-17/h8,11-12H,1,3-7,9-10H2,2H3,(H2,20,21,22)/b15-8-,18-16?. The van der Waals surface area contributed by atoms with Crippen molar-refractivity contribution in [3.05, 3.63) is 53.0 Å². The summed E-state index contributed by atoms with van der Waals surface area (Å²) in [6.45, 7) is 5.75. The van der Waals surface area contributed by atoms with Crippen LogP contribution in [-0.2, 0) is 10.0 Å². The van der Waals surface area contributed by atoms with Crippen LogP contribution in [0.4, 0.5) is 4.79 Å². The number of fused-ring (bicyclic) bond motifs is 1. The molecule has 0 spiro atoms. The van der Waals surface area contributed by atoms with Gasteiger partial charge in [0.1, 0.15) is 5.76 Å². The molecule has 2 N–H and O–H groups in total. The zero-order chi connectivity index (χ0) is 18.7. The molecule has 6 nitrogen and oxygen atoms in total. The van der Waals surface area contributed by atoms with Crippen molar-refractivity contribution in [2.75, 3.05) is 0 Å². The second-order valence-corrected chi connectivity index (χ2v) is 8.32. The van der Waals surface area contributed by atoms with Gasteiger partial charge >= 0.3 is 6.03 Å². The Balaban J connectivity index is 1.82. The summed E-state index contributed by atoms with van der Waals surface area (Å²) < 4.78 is 31.7. The van der Waals surface area contributed by atoms with E-state index in [0.717, 1.165) is 56.1 Å². The molecule has 140 valence electrons. The highest BCUT2D eigenvalue weighted by Gasteiger charge is 2.25. The molecule has 2 amide bonds. The lowest BCUT2D eigenvalue weighted by Gasteiger charge is -2.16.